The summed E-state index contributed by atoms with van der Waals surface area (Å²) in [5.74, 6) is -0.335. The van der Waals surface area contributed by atoms with Crippen LogP contribution in [0.1, 0.15) is 5.56 Å². The van der Waals surface area contributed by atoms with Crippen LogP contribution in [0.25, 0.3) is 0 Å². The lowest BCUT2D eigenvalue weighted by molar-refractivity contribution is 0.628. The number of rotatable bonds is 2. The van der Waals surface area contributed by atoms with Crippen molar-refractivity contribution in [2.24, 2.45) is 4.99 Å². The van der Waals surface area contributed by atoms with E-state index in [1.54, 1.807) is 0 Å². The highest BCUT2D eigenvalue weighted by molar-refractivity contribution is 6.70. The summed E-state index contributed by atoms with van der Waals surface area (Å²) < 4.78 is 12.7. The predicted molar refractivity (Wildman–Crippen MR) is 72.1 cm³/mol. The van der Waals surface area contributed by atoms with Crippen LogP contribution in [-0.2, 0) is 0 Å². The number of halogens is 3. The number of pyridine rings is 1. The van der Waals surface area contributed by atoms with Gasteiger partial charge >= 0.3 is 0 Å². The molecule has 1 heterocycles. The first-order valence-electron chi connectivity index (χ1n) is 4.97. The summed E-state index contributed by atoms with van der Waals surface area (Å²) in [6.45, 7) is 0. The number of aromatic nitrogens is 1. The first-order valence-corrected chi connectivity index (χ1v) is 5.73. The Labute approximate surface area is 113 Å². The molecule has 1 aromatic carbocycles. The molecule has 0 unspecified atom stereocenters. The fourth-order valence-electron chi connectivity index (χ4n) is 1.31. The van der Waals surface area contributed by atoms with Crippen molar-refractivity contribution in [1.29, 1.82) is 0 Å². The second-order valence-electron chi connectivity index (χ2n) is 3.47. The number of nitrogen functional groups attached to an aromatic ring is 1. The van der Waals surface area contributed by atoms with Crippen molar-refractivity contribution in [1.82, 2.24) is 4.98 Å². The minimum atomic E-state index is -0.335. The normalized spacial score (nSPS) is 11.6. The third kappa shape index (κ3) is 2.97. The minimum absolute atomic E-state index is 0.170. The summed E-state index contributed by atoms with van der Waals surface area (Å²) in [7, 11) is 0. The van der Waals surface area contributed by atoms with Crippen LogP contribution in [-0.4, -0.2) is 10.2 Å². The number of anilines is 1. The molecule has 0 saturated heterocycles. The number of hydrogen-bond donors (Lipinski definition) is 1. The Morgan fingerprint density at radius 2 is 1.94 bits per heavy atom. The molecule has 0 aliphatic rings. The highest BCUT2D eigenvalue weighted by atomic mass is 35.5. The van der Waals surface area contributed by atoms with E-state index in [1.807, 2.05) is 0 Å². The first-order chi connectivity index (χ1) is 8.56. The van der Waals surface area contributed by atoms with Crippen LogP contribution < -0.4 is 5.73 Å². The fraction of sp³-hybridized carbons (Fsp3) is 0. The van der Waals surface area contributed by atoms with Crippen LogP contribution in [0.2, 0.25) is 5.15 Å². The summed E-state index contributed by atoms with van der Waals surface area (Å²) in [4.78, 5) is 7.99. The van der Waals surface area contributed by atoms with Gasteiger partial charge in [0.25, 0.3) is 0 Å². The molecule has 0 radical (unpaired) electrons. The van der Waals surface area contributed by atoms with Crippen LogP contribution >= 0.6 is 23.2 Å². The fourth-order valence-corrected chi connectivity index (χ4v) is 1.73. The van der Waals surface area contributed by atoms with Gasteiger partial charge in [-0.2, -0.15) is 0 Å². The molecule has 1 aromatic heterocycles. The average molecular weight is 284 g/mol. The van der Waals surface area contributed by atoms with Crippen LogP contribution in [0.15, 0.2) is 41.5 Å². The van der Waals surface area contributed by atoms with Gasteiger partial charge in [0.15, 0.2) is 0 Å². The first kappa shape index (κ1) is 12.8. The Balaban J connectivity index is 2.35. The summed E-state index contributed by atoms with van der Waals surface area (Å²) >= 11 is 11.7. The minimum Gasteiger partial charge on any atom is -0.398 e. The molecule has 0 saturated carbocycles. The molecule has 6 heteroatoms. The van der Waals surface area contributed by atoms with Crippen LogP contribution in [0.4, 0.5) is 15.8 Å². The van der Waals surface area contributed by atoms with Gasteiger partial charge in [0.2, 0.25) is 0 Å². The number of nitrogens with zero attached hydrogens (tertiary/aromatic N) is 2. The van der Waals surface area contributed by atoms with Gasteiger partial charge in [-0.1, -0.05) is 23.2 Å². The Morgan fingerprint density at radius 1 is 1.28 bits per heavy atom. The smallest absolute Gasteiger partial charge is 0.140 e. The van der Waals surface area contributed by atoms with E-state index in [1.165, 1.54) is 36.5 Å². The molecule has 2 N–H and O–H groups in total. The van der Waals surface area contributed by atoms with Gasteiger partial charge in [-0.15, -0.1) is 0 Å². The monoisotopic (exact) mass is 283 g/mol. The zero-order chi connectivity index (χ0) is 13.1. The largest absolute Gasteiger partial charge is 0.398 e. The number of nitrogens with two attached hydrogens (primary N) is 1. The molecule has 2 rings (SSSR count). The van der Waals surface area contributed by atoms with Crippen LogP contribution in [0, 0.1) is 5.82 Å². The van der Waals surface area contributed by atoms with E-state index >= 15 is 0 Å². The molecule has 3 nitrogen and oxygen atoms in total. The van der Waals surface area contributed by atoms with Gasteiger partial charge in [0, 0.05) is 11.9 Å². The molecule has 0 atom stereocenters. The van der Waals surface area contributed by atoms with Crippen molar-refractivity contribution in [2.75, 3.05) is 5.73 Å². The van der Waals surface area contributed by atoms with Gasteiger partial charge < -0.3 is 5.73 Å². The van der Waals surface area contributed by atoms with E-state index in [4.69, 9.17) is 28.9 Å². The molecule has 0 bridgehead atoms. The summed E-state index contributed by atoms with van der Waals surface area (Å²) in [5, 5.41) is 0.450. The molecule has 0 aliphatic carbocycles. The second-order valence-corrected chi connectivity index (χ2v) is 4.22. The lowest BCUT2D eigenvalue weighted by Crippen LogP contribution is -1.99. The molecular weight excluding hydrogens is 276 g/mol. The number of aliphatic imine (C=N–C) groups is 1. The lowest BCUT2D eigenvalue weighted by Gasteiger charge is -2.03. The average Bonchev–Trinajstić information content (AvgIpc) is 2.32. The molecule has 18 heavy (non-hydrogen) atoms. The maximum atomic E-state index is 12.7. The Kier molecular flexibility index (Phi) is 3.79. The van der Waals surface area contributed by atoms with E-state index in [0.29, 0.717) is 16.9 Å². The van der Waals surface area contributed by atoms with Crippen molar-refractivity contribution in [3.05, 3.63) is 53.1 Å². The van der Waals surface area contributed by atoms with Gasteiger partial charge in [0.1, 0.15) is 16.1 Å². The van der Waals surface area contributed by atoms with E-state index in [9.17, 15) is 4.39 Å². The molecule has 0 aliphatic heterocycles. The molecule has 0 fully saturated rings. The van der Waals surface area contributed by atoms with Crippen molar-refractivity contribution < 1.29 is 4.39 Å². The van der Waals surface area contributed by atoms with E-state index < -0.39 is 0 Å². The Bertz CT molecular complexity index is 597. The van der Waals surface area contributed by atoms with Crippen LogP contribution in [0.5, 0.6) is 0 Å². The zero-order valence-electron chi connectivity index (χ0n) is 9.07. The third-order valence-electron chi connectivity index (χ3n) is 2.18. The maximum Gasteiger partial charge on any atom is 0.140 e. The summed E-state index contributed by atoms with van der Waals surface area (Å²) in [6, 6.07) is 7.10. The molecule has 0 spiro atoms. The van der Waals surface area contributed by atoms with Crippen molar-refractivity contribution in [3.8, 4) is 0 Å². The quantitative estimate of drug-likeness (QED) is 0.674. The van der Waals surface area contributed by atoms with E-state index in [-0.39, 0.29) is 16.1 Å². The maximum absolute atomic E-state index is 12.7. The van der Waals surface area contributed by atoms with Crippen molar-refractivity contribution in [3.63, 3.8) is 0 Å². The second kappa shape index (κ2) is 5.33. The summed E-state index contributed by atoms with van der Waals surface area (Å²) in [6.07, 6.45) is 1.44. The SMILES string of the molecule is Nc1cc(Cl)ncc1C(Cl)=Nc1ccc(F)cc1. The standard InChI is InChI=1S/C12H8Cl2FN3/c13-11-5-10(16)9(6-17-11)12(14)18-8-3-1-7(15)2-4-8/h1-6H,(H2,16,17). The van der Waals surface area contributed by atoms with E-state index in [0.717, 1.165) is 0 Å². The Morgan fingerprint density at radius 3 is 2.56 bits per heavy atom. The van der Waals surface area contributed by atoms with Crippen molar-refractivity contribution in [2.45, 2.75) is 0 Å². The van der Waals surface area contributed by atoms with E-state index in [2.05, 4.69) is 9.98 Å². The van der Waals surface area contributed by atoms with Gasteiger partial charge in [-0.05, 0) is 30.3 Å². The third-order valence-corrected chi connectivity index (χ3v) is 2.67. The summed E-state index contributed by atoms with van der Waals surface area (Å²) in [5.41, 5.74) is 7.13. The van der Waals surface area contributed by atoms with Gasteiger partial charge in [-0.25, -0.2) is 14.4 Å². The molecular formula is C12H8Cl2FN3. The predicted octanol–water partition coefficient (Wildman–Crippen LogP) is 3.77. The highest BCUT2D eigenvalue weighted by Gasteiger charge is 2.06. The molecule has 2 aromatic rings. The van der Waals surface area contributed by atoms with Crippen LogP contribution in [0.3, 0.4) is 0 Å². The topological polar surface area (TPSA) is 51.3 Å². The molecule has 0 amide bonds. The number of benzene rings is 1. The van der Waals surface area contributed by atoms with Crippen molar-refractivity contribution >= 4 is 39.7 Å². The zero-order valence-corrected chi connectivity index (χ0v) is 10.6. The Hall–Kier alpha value is -1.65. The van der Waals surface area contributed by atoms with Gasteiger partial charge in [-0.3, -0.25) is 0 Å². The highest BCUT2D eigenvalue weighted by Crippen LogP contribution is 2.21. The number of hydrogen-bond acceptors (Lipinski definition) is 3. The lowest BCUT2D eigenvalue weighted by atomic mass is 10.2. The van der Waals surface area contributed by atoms with Gasteiger partial charge in [0.05, 0.1) is 11.3 Å². The molecule has 92 valence electrons.